The number of hydrogen-bond acceptors (Lipinski definition) is 2. The quantitative estimate of drug-likeness (QED) is 0.479. The highest BCUT2D eigenvalue weighted by molar-refractivity contribution is 5.15. The minimum atomic E-state index is 0.553. The molecule has 2 nitrogen and oxygen atoms in total. The molecule has 0 N–H and O–H groups in total. The van der Waals surface area contributed by atoms with Gasteiger partial charge in [-0.15, -0.1) is 0 Å². The van der Waals surface area contributed by atoms with Gasteiger partial charge in [0.15, 0.2) is 0 Å². The first kappa shape index (κ1) is 10.3. The molecule has 72 valence electrons. The summed E-state index contributed by atoms with van der Waals surface area (Å²) in [6.45, 7) is 4.98. The van der Waals surface area contributed by atoms with Gasteiger partial charge in [0.25, 0.3) is 0 Å². The van der Waals surface area contributed by atoms with Crippen LogP contribution in [0.25, 0.3) is 0 Å². The van der Waals surface area contributed by atoms with Crippen molar-refractivity contribution in [1.29, 1.82) is 5.26 Å². The third-order valence-corrected chi connectivity index (χ3v) is 3.07. The molecule has 0 aromatic rings. The van der Waals surface area contributed by atoms with Crippen LogP contribution in [0.4, 0.5) is 0 Å². The normalized spacial score (nSPS) is 23.5. The van der Waals surface area contributed by atoms with Crippen LogP contribution in [-0.4, -0.2) is 24.5 Å². The maximum atomic E-state index is 8.58. The molecular formula is C11H18N2. The molecule has 0 radical (unpaired) electrons. The average Bonchev–Trinajstić information content (AvgIpc) is 2.10. The molecule has 0 saturated carbocycles. The first-order valence-electron chi connectivity index (χ1n) is 4.87. The van der Waals surface area contributed by atoms with Crippen LogP contribution in [0.1, 0.15) is 33.1 Å². The smallest absolute Gasteiger partial charge is 0.0866 e. The summed E-state index contributed by atoms with van der Waals surface area (Å²) in [4.78, 5) is 2.16. The Morgan fingerprint density at radius 2 is 2.15 bits per heavy atom. The first-order valence-corrected chi connectivity index (χ1v) is 4.87. The van der Waals surface area contributed by atoms with Gasteiger partial charge in [0, 0.05) is 6.04 Å². The maximum Gasteiger partial charge on any atom is 0.0866 e. The molecule has 0 aromatic heterocycles. The van der Waals surface area contributed by atoms with E-state index >= 15 is 0 Å². The molecule has 0 heterocycles. The Bertz CT molecular complexity index is 247. The molecule has 0 spiro atoms. The summed E-state index contributed by atoms with van der Waals surface area (Å²) in [5, 5.41) is 8.58. The fourth-order valence-electron chi connectivity index (χ4n) is 1.84. The lowest BCUT2D eigenvalue weighted by atomic mass is 9.89. The van der Waals surface area contributed by atoms with Gasteiger partial charge in [-0.1, -0.05) is 11.1 Å². The molecule has 0 amide bonds. The van der Waals surface area contributed by atoms with E-state index in [-0.39, 0.29) is 0 Å². The molecule has 0 aromatic carbocycles. The van der Waals surface area contributed by atoms with Gasteiger partial charge in [0.2, 0.25) is 0 Å². The molecule has 1 aliphatic carbocycles. The van der Waals surface area contributed by atoms with E-state index in [1.165, 1.54) is 18.4 Å². The van der Waals surface area contributed by atoms with E-state index in [1.807, 2.05) is 7.05 Å². The summed E-state index contributed by atoms with van der Waals surface area (Å²) in [5.41, 5.74) is 3.06. The standard InChI is InChI=1S/C11H18N2/c1-9-4-5-11(8-10(9)2)13(3)7-6-12/h11H,4-5,7-8H2,1-3H3. The molecule has 1 unspecified atom stereocenters. The lowest BCUT2D eigenvalue weighted by Gasteiger charge is -2.30. The molecule has 1 aliphatic rings. The van der Waals surface area contributed by atoms with Crippen molar-refractivity contribution in [3.05, 3.63) is 11.1 Å². The predicted octanol–water partition coefficient (Wildman–Crippen LogP) is 2.33. The number of nitriles is 1. The van der Waals surface area contributed by atoms with E-state index < -0.39 is 0 Å². The molecular weight excluding hydrogens is 160 g/mol. The van der Waals surface area contributed by atoms with Crippen LogP contribution in [0.15, 0.2) is 11.1 Å². The minimum Gasteiger partial charge on any atom is -0.290 e. The summed E-state index contributed by atoms with van der Waals surface area (Å²) in [6.07, 6.45) is 3.55. The monoisotopic (exact) mass is 178 g/mol. The largest absolute Gasteiger partial charge is 0.290 e. The van der Waals surface area contributed by atoms with Crippen LogP contribution in [0.2, 0.25) is 0 Å². The fourth-order valence-corrected chi connectivity index (χ4v) is 1.84. The van der Waals surface area contributed by atoms with E-state index in [4.69, 9.17) is 5.26 Å². The Morgan fingerprint density at radius 3 is 2.69 bits per heavy atom. The Hall–Kier alpha value is -0.810. The zero-order chi connectivity index (χ0) is 9.84. The first-order chi connectivity index (χ1) is 6.15. The number of hydrogen-bond donors (Lipinski definition) is 0. The van der Waals surface area contributed by atoms with Crippen molar-refractivity contribution in [1.82, 2.24) is 4.90 Å². The van der Waals surface area contributed by atoms with Crippen LogP contribution < -0.4 is 0 Å². The van der Waals surface area contributed by atoms with E-state index in [0.29, 0.717) is 12.6 Å². The maximum absolute atomic E-state index is 8.58. The van der Waals surface area contributed by atoms with Crippen molar-refractivity contribution in [2.75, 3.05) is 13.6 Å². The van der Waals surface area contributed by atoms with Gasteiger partial charge in [-0.25, -0.2) is 0 Å². The van der Waals surface area contributed by atoms with Gasteiger partial charge in [-0.2, -0.15) is 5.26 Å². The second kappa shape index (κ2) is 4.43. The van der Waals surface area contributed by atoms with Gasteiger partial charge in [-0.05, 0) is 40.2 Å². The molecule has 0 saturated heterocycles. The Labute approximate surface area is 80.8 Å². The molecule has 13 heavy (non-hydrogen) atoms. The number of nitrogens with zero attached hydrogens (tertiary/aromatic N) is 2. The van der Waals surface area contributed by atoms with Crippen LogP contribution >= 0.6 is 0 Å². The SMILES string of the molecule is CC1=C(C)CC(N(C)CC#N)CC1. The topological polar surface area (TPSA) is 27.0 Å². The van der Waals surface area contributed by atoms with E-state index in [2.05, 4.69) is 24.8 Å². The Morgan fingerprint density at radius 1 is 1.46 bits per heavy atom. The lowest BCUT2D eigenvalue weighted by Crippen LogP contribution is -2.34. The van der Waals surface area contributed by atoms with Gasteiger partial charge < -0.3 is 0 Å². The van der Waals surface area contributed by atoms with Crippen molar-refractivity contribution < 1.29 is 0 Å². The Kier molecular flexibility index (Phi) is 3.50. The van der Waals surface area contributed by atoms with Crippen LogP contribution in [0.5, 0.6) is 0 Å². The van der Waals surface area contributed by atoms with Crippen LogP contribution in [-0.2, 0) is 0 Å². The lowest BCUT2D eigenvalue weighted by molar-refractivity contribution is 0.245. The van der Waals surface area contributed by atoms with Gasteiger partial charge >= 0.3 is 0 Å². The third kappa shape index (κ3) is 2.57. The second-order valence-corrected chi connectivity index (χ2v) is 4.03. The predicted molar refractivity (Wildman–Crippen MR) is 54.3 cm³/mol. The summed E-state index contributed by atoms with van der Waals surface area (Å²) in [5.74, 6) is 0. The molecule has 0 bridgehead atoms. The average molecular weight is 178 g/mol. The van der Waals surface area contributed by atoms with Crippen molar-refractivity contribution >= 4 is 0 Å². The van der Waals surface area contributed by atoms with E-state index in [9.17, 15) is 0 Å². The van der Waals surface area contributed by atoms with Crippen LogP contribution in [0, 0.1) is 11.3 Å². The van der Waals surface area contributed by atoms with Crippen molar-refractivity contribution in [2.24, 2.45) is 0 Å². The molecule has 1 atom stereocenters. The fraction of sp³-hybridized carbons (Fsp3) is 0.727. The van der Waals surface area contributed by atoms with Crippen molar-refractivity contribution in [3.63, 3.8) is 0 Å². The van der Waals surface area contributed by atoms with Crippen LogP contribution in [0.3, 0.4) is 0 Å². The van der Waals surface area contributed by atoms with E-state index in [1.54, 1.807) is 5.57 Å². The van der Waals surface area contributed by atoms with Gasteiger partial charge in [0.05, 0.1) is 12.6 Å². The Balaban J connectivity index is 2.54. The van der Waals surface area contributed by atoms with Crippen molar-refractivity contribution in [2.45, 2.75) is 39.2 Å². The zero-order valence-corrected chi connectivity index (χ0v) is 8.80. The van der Waals surface area contributed by atoms with Crippen molar-refractivity contribution in [3.8, 4) is 6.07 Å². The summed E-state index contributed by atoms with van der Waals surface area (Å²) >= 11 is 0. The van der Waals surface area contributed by atoms with Gasteiger partial charge in [0.1, 0.15) is 0 Å². The number of rotatable bonds is 2. The highest BCUT2D eigenvalue weighted by Gasteiger charge is 2.19. The zero-order valence-electron chi connectivity index (χ0n) is 8.80. The highest BCUT2D eigenvalue weighted by atomic mass is 15.1. The summed E-state index contributed by atoms with van der Waals surface area (Å²) < 4.78 is 0. The molecule has 0 fully saturated rings. The number of allylic oxidation sites excluding steroid dienone is 1. The third-order valence-electron chi connectivity index (χ3n) is 3.07. The second-order valence-electron chi connectivity index (χ2n) is 4.03. The molecule has 1 rings (SSSR count). The molecule has 0 aliphatic heterocycles. The summed E-state index contributed by atoms with van der Waals surface area (Å²) in [6, 6.07) is 2.79. The highest BCUT2D eigenvalue weighted by Crippen LogP contribution is 2.26. The molecule has 2 heteroatoms. The van der Waals surface area contributed by atoms with E-state index in [0.717, 1.165) is 6.42 Å². The summed E-state index contributed by atoms with van der Waals surface area (Å²) in [7, 11) is 2.04. The minimum absolute atomic E-state index is 0.553. The van der Waals surface area contributed by atoms with Gasteiger partial charge in [-0.3, -0.25) is 4.90 Å².